The van der Waals surface area contributed by atoms with Crippen LogP contribution in [-0.2, 0) is 17.9 Å². The molecule has 10 nitrogen and oxygen atoms in total. The van der Waals surface area contributed by atoms with Crippen molar-refractivity contribution in [3.8, 4) is 0 Å². The molecule has 10 heteroatoms. The zero-order chi connectivity index (χ0) is 17.1. The molecule has 0 bridgehead atoms. The molecule has 0 aromatic carbocycles. The van der Waals surface area contributed by atoms with Crippen LogP contribution in [0, 0.1) is 0 Å². The summed E-state index contributed by atoms with van der Waals surface area (Å²) in [6.07, 6.45) is 5.07. The number of hydrogen-bond donors (Lipinski definition) is 4. The van der Waals surface area contributed by atoms with E-state index in [0.29, 0.717) is 43.7 Å². The van der Waals surface area contributed by atoms with E-state index in [9.17, 15) is 4.79 Å². The highest BCUT2D eigenvalue weighted by Gasteiger charge is 2.08. The minimum absolute atomic E-state index is 0.0495. The van der Waals surface area contributed by atoms with Gasteiger partial charge in [-0.05, 0) is 12.8 Å². The van der Waals surface area contributed by atoms with Crippen LogP contribution in [0.5, 0.6) is 0 Å². The third-order valence-corrected chi connectivity index (χ3v) is 2.94. The molecule has 130 valence electrons. The number of nitrogens with two attached hydrogens (primary N) is 2. The maximum absolute atomic E-state index is 11.2. The lowest BCUT2D eigenvalue weighted by molar-refractivity contribution is -0.118. The van der Waals surface area contributed by atoms with E-state index in [1.807, 2.05) is 0 Å². The quantitative estimate of drug-likeness (QED) is 0.195. The molecular weight excluding hydrogens is 302 g/mol. The van der Waals surface area contributed by atoms with Gasteiger partial charge in [0.1, 0.15) is 5.69 Å². The first-order valence-electron chi connectivity index (χ1n) is 7.36. The van der Waals surface area contributed by atoms with Gasteiger partial charge in [-0.2, -0.15) is 0 Å². The molecule has 0 unspecified atom stereocenters. The van der Waals surface area contributed by atoms with Crippen molar-refractivity contribution in [2.24, 2.45) is 11.6 Å². The number of rotatable bonds is 12. The summed E-state index contributed by atoms with van der Waals surface area (Å²) in [6, 6.07) is 0. The van der Waals surface area contributed by atoms with Crippen LogP contribution in [0.3, 0.4) is 0 Å². The summed E-state index contributed by atoms with van der Waals surface area (Å²) in [5, 5.41) is 26.8. The topological polar surface area (TPSA) is 147 Å². The van der Waals surface area contributed by atoms with Crippen LogP contribution < -0.4 is 11.6 Å². The number of aliphatic hydroxyl groups excluding tert-OH is 2. The molecule has 1 aromatic rings. The number of hydrazine groups is 1. The molecule has 0 saturated carbocycles. The van der Waals surface area contributed by atoms with Gasteiger partial charge in [0.2, 0.25) is 6.41 Å². The molecule has 0 fully saturated rings. The van der Waals surface area contributed by atoms with Gasteiger partial charge >= 0.3 is 0 Å². The average molecular weight is 327 g/mol. The first-order chi connectivity index (χ1) is 11.1. The standard InChI is InChI=1S/C13H25N7O3/c14-12(8-19(15)3-1-5-21)7-18(11-23)9-13-10-20(17-16-13)4-2-6-22/h8,10-11,21-22H,1-7,9,14-15H2/b12-8-. The van der Waals surface area contributed by atoms with Crippen LogP contribution in [0.15, 0.2) is 18.1 Å². The molecule has 1 aromatic heterocycles. The van der Waals surface area contributed by atoms with Gasteiger partial charge in [0, 0.05) is 38.2 Å². The van der Waals surface area contributed by atoms with Gasteiger partial charge in [-0.25, -0.2) is 5.84 Å². The first-order valence-corrected chi connectivity index (χ1v) is 7.36. The lowest BCUT2D eigenvalue weighted by atomic mass is 10.3. The van der Waals surface area contributed by atoms with Crippen molar-refractivity contribution in [3.05, 3.63) is 23.8 Å². The lowest BCUT2D eigenvalue weighted by Crippen LogP contribution is -2.32. The number of hydrogen-bond acceptors (Lipinski definition) is 8. The Labute approximate surface area is 134 Å². The monoisotopic (exact) mass is 327 g/mol. The minimum Gasteiger partial charge on any atom is -0.399 e. The summed E-state index contributed by atoms with van der Waals surface area (Å²) in [7, 11) is 0. The van der Waals surface area contributed by atoms with E-state index >= 15 is 0 Å². The average Bonchev–Trinajstić information content (AvgIpc) is 2.97. The van der Waals surface area contributed by atoms with Gasteiger partial charge in [0.15, 0.2) is 0 Å². The number of aromatic nitrogens is 3. The highest BCUT2D eigenvalue weighted by Crippen LogP contribution is 2.02. The zero-order valence-electron chi connectivity index (χ0n) is 13.1. The van der Waals surface area contributed by atoms with Crippen molar-refractivity contribution in [2.75, 3.05) is 26.3 Å². The Bertz CT molecular complexity index is 492. The van der Waals surface area contributed by atoms with Crippen LogP contribution in [0.4, 0.5) is 0 Å². The molecule has 1 amide bonds. The normalized spacial score (nSPS) is 11.5. The Morgan fingerprint density at radius 2 is 2.09 bits per heavy atom. The van der Waals surface area contributed by atoms with Crippen molar-refractivity contribution in [1.82, 2.24) is 24.9 Å². The third kappa shape index (κ3) is 7.58. The Hall–Kier alpha value is -2.17. The van der Waals surface area contributed by atoms with Crippen molar-refractivity contribution >= 4 is 6.41 Å². The molecule has 1 heterocycles. The van der Waals surface area contributed by atoms with Crippen molar-refractivity contribution in [2.45, 2.75) is 25.9 Å². The number of aryl methyl sites for hydroxylation is 1. The highest BCUT2D eigenvalue weighted by atomic mass is 16.3. The molecule has 0 aliphatic rings. The summed E-state index contributed by atoms with van der Waals surface area (Å²) in [5.74, 6) is 5.69. The number of nitrogens with zero attached hydrogens (tertiary/aromatic N) is 5. The first kappa shape index (κ1) is 18.9. The third-order valence-electron chi connectivity index (χ3n) is 2.94. The van der Waals surface area contributed by atoms with E-state index in [2.05, 4.69) is 10.3 Å². The van der Waals surface area contributed by atoms with Crippen LogP contribution in [0.1, 0.15) is 18.5 Å². The molecule has 0 radical (unpaired) electrons. The van der Waals surface area contributed by atoms with Crippen LogP contribution in [-0.4, -0.2) is 67.8 Å². The summed E-state index contributed by atoms with van der Waals surface area (Å²) in [4.78, 5) is 12.6. The molecule has 0 saturated heterocycles. The van der Waals surface area contributed by atoms with Gasteiger partial charge in [0.25, 0.3) is 0 Å². The number of carbonyl (C=O) groups excluding carboxylic acids is 1. The van der Waals surface area contributed by atoms with Gasteiger partial charge < -0.3 is 25.9 Å². The number of amides is 1. The van der Waals surface area contributed by atoms with Crippen molar-refractivity contribution in [1.29, 1.82) is 0 Å². The summed E-state index contributed by atoms with van der Waals surface area (Å²) < 4.78 is 1.62. The fourth-order valence-electron chi connectivity index (χ4n) is 1.90. The van der Waals surface area contributed by atoms with E-state index in [0.717, 1.165) is 0 Å². The number of aliphatic hydroxyl groups is 2. The highest BCUT2D eigenvalue weighted by molar-refractivity contribution is 5.47. The molecule has 1 rings (SSSR count). The van der Waals surface area contributed by atoms with Crippen molar-refractivity contribution < 1.29 is 15.0 Å². The van der Waals surface area contributed by atoms with E-state index < -0.39 is 0 Å². The van der Waals surface area contributed by atoms with Gasteiger partial charge in [-0.1, -0.05) is 5.21 Å². The van der Waals surface area contributed by atoms with E-state index in [-0.39, 0.29) is 26.3 Å². The second-order valence-electron chi connectivity index (χ2n) is 5.08. The molecule has 0 aliphatic heterocycles. The molecule has 6 N–H and O–H groups in total. The van der Waals surface area contributed by atoms with Crippen LogP contribution in [0.25, 0.3) is 0 Å². The van der Waals surface area contributed by atoms with Gasteiger partial charge in [0.05, 0.1) is 19.3 Å². The van der Waals surface area contributed by atoms with E-state index in [1.165, 1.54) is 16.1 Å². The molecule has 0 spiro atoms. The maximum Gasteiger partial charge on any atom is 0.210 e. The van der Waals surface area contributed by atoms with Gasteiger partial charge in [-0.3, -0.25) is 9.48 Å². The molecule has 0 aliphatic carbocycles. The maximum atomic E-state index is 11.2. The predicted molar refractivity (Wildman–Crippen MR) is 83.1 cm³/mol. The SMILES string of the molecule is N/C(=C\N(N)CCCO)CN(C=O)Cc1cn(CCCO)nn1. The fraction of sp³-hybridized carbons (Fsp3) is 0.615. The molecule has 23 heavy (non-hydrogen) atoms. The Balaban J connectivity index is 2.51. The van der Waals surface area contributed by atoms with E-state index in [1.54, 1.807) is 10.9 Å². The Morgan fingerprint density at radius 1 is 1.35 bits per heavy atom. The Kier molecular flexibility index (Phi) is 8.65. The summed E-state index contributed by atoms with van der Waals surface area (Å²) in [5.41, 5.74) is 6.91. The summed E-state index contributed by atoms with van der Waals surface area (Å²) in [6.45, 7) is 1.66. The molecular formula is C13H25N7O3. The fourth-order valence-corrected chi connectivity index (χ4v) is 1.90. The number of carbonyl (C=O) groups is 1. The van der Waals surface area contributed by atoms with Crippen LogP contribution in [0.2, 0.25) is 0 Å². The smallest absolute Gasteiger partial charge is 0.210 e. The second-order valence-corrected chi connectivity index (χ2v) is 5.08. The van der Waals surface area contributed by atoms with Crippen LogP contribution >= 0.6 is 0 Å². The zero-order valence-corrected chi connectivity index (χ0v) is 13.1. The second kappa shape index (κ2) is 10.5. The van der Waals surface area contributed by atoms with Gasteiger partial charge in [-0.15, -0.1) is 5.10 Å². The van der Waals surface area contributed by atoms with E-state index in [4.69, 9.17) is 21.8 Å². The lowest BCUT2D eigenvalue weighted by Gasteiger charge is -2.18. The largest absolute Gasteiger partial charge is 0.399 e. The van der Waals surface area contributed by atoms with Crippen molar-refractivity contribution in [3.63, 3.8) is 0 Å². The molecule has 0 atom stereocenters. The minimum atomic E-state index is 0.0495. The Morgan fingerprint density at radius 3 is 2.74 bits per heavy atom. The summed E-state index contributed by atoms with van der Waals surface area (Å²) >= 11 is 0. The predicted octanol–water partition coefficient (Wildman–Crippen LogP) is -2.02.